The third kappa shape index (κ3) is 5.28. The summed E-state index contributed by atoms with van der Waals surface area (Å²) in [6.07, 6.45) is -4.01. The maximum Gasteiger partial charge on any atom is 0.433 e. The van der Waals surface area contributed by atoms with Crippen molar-refractivity contribution in [3.8, 4) is 28.3 Å². The number of alkyl halides is 3. The summed E-state index contributed by atoms with van der Waals surface area (Å²) in [4.78, 5) is 12.2. The van der Waals surface area contributed by atoms with Crippen LogP contribution in [0.4, 0.5) is 19.1 Å². The molecule has 0 aliphatic carbocycles. The number of hydrogen-bond acceptors (Lipinski definition) is 5. The molecule has 0 saturated carbocycles. The molecule has 4 rings (SSSR count). The van der Waals surface area contributed by atoms with Gasteiger partial charge in [0.1, 0.15) is 5.69 Å². The van der Waals surface area contributed by atoms with Crippen molar-refractivity contribution >= 4 is 5.95 Å². The highest BCUT2D eigenvalue weighted by atomic mass is 19.4. The second-order valence-corrected chi connectivity index (χ2v) is 7.44. The van der Waals surface area contributed by atoms with Crippen LogP contribution in [0.2, 0.25) is 0 Å². The quantitative estimate of drug-likeness (QED) is 0.406. The fourth-order valence-electron chi connectivity index (χ4n) is 3.49. The Bertz CT molecular complexity index is 1250. The van der Waals surface area contributed by atoms with E-state index in [-0.39, 0.29) is 29.7 Å². The lowest BCUT2D eigenvalue weighted by Crippen LogP contribution is -2.11. The zero-order valence-electron chi connectivity index (χ0n) is 17.8. The van der Waals surface area contributed by atoms with Gasteiger partial charge in [0.15, 0.2) is 0 Å². The van der Waals surface area contributed by atoms with E-state index in [1.807, 2.05) is 48.5 Å². The normalized spacial score (nSPS) is 11.4. The lowest BCUT2D eigenvalue weighted by molar-refractivity contribution is -0.141. The number of pyridine rings is 1. The molecule has 0 aliphatic rings. The molecule has 168 valence electrons. The summed E-state index contributed by atoms with van der Waals surface area (Å²) in [7, 11) is 0. The number of halogens is 3. The number of ether oxygens (including phenoxy) is 1. The third-order valence-electron chi connectivity index (χ3n) is 4.95. The van der Waals surface area contributed by atoms with E-state index in [9.17, 15) is 13.2 Å². The van der Waals surface area contributed by atoms with Crippen LogP contribution in [0.15, 0.2) is 72.8 Å². The Balaban J connectivity index is 1.83. The van der Waals surface area contributed by atoms with Gasteiger partial charge in [-0.2, -0.15) is 18.2 Å². The van der Waals surface area contributed by atoms with Crippen LogP contribution in [0.3, 0.4) is 0 Å². The number of nitrogen functional groups attached to an aromatic ring is 1. The van der Waals surface area contributed by atoms with Crippen LogP contribution >= 0.6 is 0 Å². The molecule has 0 bridgehead atoms. The zero-order valence-corrected chi connectivity index (χ0v) is 17.8. The van der Waals surface area contributed by atoms with Crippen molar-refractivity contribution in [1.29, 1.82) is 0 Å². The molecule has 5 nitrogen and oxygen atoms in total. The van der Waals surface area contributed by atoms with E-state index in [2.05, 4.69) is 15.0 Å². The van der Waals surface area contributed by atoms with Crippen LogP contribution in [-0.2, 0) is 12.6 Å². The van der Waals surface area contributed by atoms with E-state index in [4.69, 9.17) is 10.5 Å². The summed E-state index contributed by atoms with van der Waals surface area (Å²) < 4.78 is 46.5. The van der Waals surface area contributed by atoms with Crippen molar-refractivity contribution in [2.45, 2.75) is 19.5 Å². The molecule has 0 unspecified atom stereocenters. The summed E-state index contributed by atoms with van der Waals surface area (Å²) in [5, 5.41) is 0. The summed E-state index contributed by atoms with van der Waals surface area (Å²) in [5.41, 5.74) is 7.89. The molecule has 0 aliphatic heterocycles. The topological polar surface area (TPSA) is 73.9 Å². The monoisotopic (exact) mass is 450 g/mol. The minimum absolute atomic E-state index is 0.0332. The van der Waals surface area contributed by atoms with Gasteiger partial charge in [0.2, 0.25) is 11.8 Å². The molecule has 2 aromatic carbocycles. The molecule has 0 fully saturated rings. The molecule has 2 N–H and O–H groups in total. The molecule has 4 aromatic rings. The van der Waals surface area contributed by atoms with Crippen LogP contribution in [0.25, 0.3) is 22.4 Å². The summed E-state index contributed by atoms with van der Waals surface area (Å²) in [6, 6.07) is 21.3. The van der Waals surface area contributed by atoms with Crippen LogP contribution in [-0.4, -0.2) is 21.6 Å². The van der Waals surface area contributed by atoms with Crippen molar-refractivity contribution in [2.24, 2.45) is 0 Å². The smallest absolute Gasteiger partial charge is 0.433 e. The van der Waals surface area contributed by atoms with Crippen molar-refractivity contribution in [3.05, 3.63) is 89.7 Å². The number of hydrogen-bond donors (Lipinski definition) is 1. The SMILES string of the molecule is Cc1cc(-c2c(OCCc3ccccc3)nc(N)nc2-c2ccccc2)cc(C(F)(F)F)n1. The average molecular weight is 450 g/mol. The lowest BCUT2D eigenvalue weighted by Gasteiger charge is -2.17. The Morgan fingerprint density at radius 2 is 1.52 bits per heavy atom. The van der Waals surface area contributed by atoms with Crippen LogP contribution in [0, 0.1) is 6.92 Å². The van der Waals surface area contributed by atoms with E-state index >= 15 is 0 Å². The second-order valence-electron chi connectivity index (χ2n) is 7.44. The number of anilines is 1. The number of rotatable bonds is 6. The van der Waals surface area contributed by atoms with Crippen molar-refractivity contribution in [3.63, 3.8) is 0 Å². The standard InChI is InChI=1S/C25H21F3N4O/c1-16-14-19(15-20(30-16)25(26,27)28)21-22(18-10-6-3-7-11-18)31-24(29)32-23(21)33-13-12-17-8-4-2-5-9-17/h2-11,14-15H,12-13H2,1H3,(H2,29,31,32). The lowest BCUT2D eigenvalue weighted by atomic mass is 9.99. The molecule has 2 heterocycles. The van der Waals surface area contributed by atoms with Crippen LogP contribution in [0.1, 0.15) is 17.0 Å². The molecule has 0 saturated heterocycles. The molecular formula is C25H21F3N4O. The molecule has 8 heteroatoms. The number of benzene rings is 2. The first-order valence-electron chi connectivity index (χ1n) is 10.3. The first-order chi connectivity index (χ1) is 15.8. The largest absolute Gasteiger partial charge is 0.477 e. The zero-order chi connectivity index (χ0) is 23.4. The molecule has 0 atom stereocenters. The van der Waals surface area contributed by atoms with E-state index in [1.165, 1.54) is 6.92 Å². The van der Waals surface area contributed by atoms with Crippen molar-refractivity contribution < 1.29 is 17.9 Å². The van der Waals surface area contributed by atoms with Crippen LogP contribution < -0.4 is 10.5 Å². The molecule has 33 heavy (non-hydrogen) atoms. The van der Waals surface area contributed by atoms with Crippen molar-refractivity contribution in [1.82, 2.24) is 15.0 Å². The third-order valence-corrected chi connectivity index (χ3v) is 4.95. The van der Waals surface area contributed by atoms with Gasteiger partial charge in [0.05, 0.1) is 17.9 Å². The van der Waals surface area contributed by atoms with Gasteiger partial charge in [-0.1, -0.05) is 60.7 Å². The van der Waals surface area contributed by atoms with Gasteiger partial charge >= 0.3 is 6.18 Å². The van der Waals surface area contributed by atoms with Crippen molar-refractivity contribution in [2.75, 3.05) is 12.3 Å². The van der Waals surface area contributed by atoms with Gasteiger partial charge in [-0.15, -0.1) is 0 Å². The maximum atomic E-state index is 13.5. The summed E-state index contributed by atoms with van der Waals surface area (Å²) >= 11 is 0. The Kier molecular flexibility index (Phi) is 6.26. The second kappa shape index (κ2) is 9.28. The minimum atomic E-state index is -4.60. The highest BCUT2D eigenvalue weighted by molar-refractivity contribution is 5.85. The van der Waals surface area contributed by atoms with Gasteiger partial charge < -0.3 is 10.5 Å². The molecule has 0 spiro atoms. The first-order valence-corrected chi connectivity index (χ1v) is 10.3. The molecular weight excluding hydrogens is 429 g/mol. The number of aromatic nitrogens is 3. The van der Waals surface area contributed by atoms with E-state index in [1.54, 1.807) is 18.2 Å². The van der Waals surface area contributed by atoms with Gasteiger partial charge in [-0.05, 0) is 30.2 Å². The van der Waals surface area contributed by atoms with Gasteiger partial charge in [0.25, 0.3) is 0 Å². The highest BCUT2D eigenvalue weighted by Crippen LogP contribution is 2.40. The summed E-state index contributed by atoms with van der Waals surface area (Å²) in [6.45, 7) is 1.77. The van der Waals surface area contributed by atoms with E-state index in [0.29, 0.717) is 23.2 Å². The Morgan fingerprint density at radius 1 is 0.848 bits per heavy atom. The maximum absolute atomic E-state index is 13.5. The predicted molar refractivity (Wildman–Crippen MR) is 120 cm³/mol. The molecule has 0 amide bonds. The van der Waals surface area contributed by atoms with Gasteiger partial charge in [-0.25, -0.2) is 9.97 Å². The van der Waals surface area contributed by atoms with Crippen LogP contribution in [0.5, 0.6) is 5.88 Å². The Labute approximate surface area is 189 Å². The van der Waals surface area contributed by atoms with E-state index in [0.717, 1.165) is 11.6 Å². The number of aryl methyl sites for hydroxylation is 1. The number of nitrogens with zero attached hydrogens (tertiary/aromatic N) is 3. The molecule has 2 aromatic heterocycles. The fraction of sp³-hybridized carbons (Fsp3) is 0.160. The first kappa shape index (κ1) is 22.3. The average Bonchev–Trinajstić information content (AvgIpc) is 2.79. The fourth-order valence-corrected chi connectivity index (χ4v) is 3.49. The molecule has 0 radical (unpaired) electrons. The Hall–Kier alpha value is -3.94. The predicted octanol–water partition coefficient (Wildman–Crippen LogP) is 5.74. The summed E-state index contributed by atoms with van der Waals surface area (Å²) in [5.74, 6) is 0.0881. The minimum Gasteiger partial charge on any atom is -0.477 e. The van der Waals surface area contributed by atoms with E-state index < -0.39 is 11.9 Å². The highest BCUT2D eigenvalue weighted by Gasteiger charge is 2.33. The van der Waals surface area contributed by atoms with Gasteiger partial charge in [-0.3, -0.25) is 0 Å². The number of nitrogens with two attached hydrogens (primary N) is 1. The Morgan fingerprint density at radius 3 is 2.18 bits per heavy atom. The van der Waals surface area contributed by atoms with Gasteiger partial charge in [0, 0.05) is 17.7 Å².